The highest BCUT2D eigenvalue weighted by molar-refractivity contribution is 5.48. The van der Waals surface area contributed by atoms with Crippen LogP contribution in [0.4, 0.5) is 4.39 Å². The molecule has 1 aromatic rings. The molecular formula is C10H11FO3. The molecule has 76 valence electrons. The number of rotatable bonds is 3. The van der Waals surface area contributed by atoms with Gasteiger partial charge in [0.15, 0.2) is 11.5 Å². The van der Waals surface area contributed by atoms with Gasteiger partial charge in [0.2, 0.25) is 6.79 Å². The van der Waals surface area contributed by atoms with Crippen molar-refractivity contribution in [3.05, 3.63) is 23.5 Å². The Balaban J connectivity index is 2.31. The highest BCUT2D eigenvalue weighted by atomic mass is 19.1. The molecule has 1 N–H and O–H groups in total. The molecule has 0 amide bonds. The zero-order valence-electron chi connectivity index (χ0n) is 7.62. The summed E-state index contributed by atoms with van der Waals surface area (Å²) in [7, 11) is 0. The molecule has 1 heterocycles. The minimum atomic E-state index is -0.303. The molecule has 0 radical (unpaired) electrons. The lowest BCUT2D eigenvalue weighted by molar-refractivity contribution is 0.173. The normalized spacial score (nSPS) is 13.3. The van der Waals surface area contributed by atoms with Crippen molar-refractivity contribution >= 4 is 0 Å². The number of fused-ring (bicyclic) bond motifs is 1. The number of ether oxygens (including phenoxy) is 2. The third-order valence-electron chi connectivity index (χ3n) is 2.17. The van der Waals surface area contributed by atoms with Gasteiger partial charge in [-0.1, -0.05) is 0 Å². The van der Waals surface area contributed by atoms with Crippen LogP contribution in [0.1, 0.15) is 12.0 Å². The predicted octanol–water partition coefficient (Wildman–Crippen LogP) is 1.48. The standard InChI is InChI=1S/C10H11FO3/c11-8-3-4-9-10(14-6-13-9)7(8)2-1-5-12/h3-4,12H,1-2,5-6H2. The topological polar surface area (TPSA) is 38.7 Å². The molecule has 1 aromatic carbocycles. The van der Waals surface area contributed by atoms with E-state index in [2.05, 4.69) is 0 Å². The van der Waals surface area contributed by atoms with Crippen LogP contribution in [0.15, 0.2) is 12.1 Å². The summed E-state index contributed by atoms with van der Waals surface area (Å²) in [6, 6.07) is 2.92. The van der Waals surface area contributed by atoms with Crippen molar-refractivity contribution in [2.24, 2.45) is 0 Å². The third-order valence-corrected chi connectivity index (χ3v) is 2.17. The fourth-order valence-electron chi connectivity index (χ4n) is 1.49. The summed E-state index contributed by atoms with van der Waals surface area (Å²) in [5, 5.41) is 8.67. The Bertz CT molecular complexity index is 338. The molecule has 1 aliphatic heterocycles. The second-order valence-corrected chi connectivity index (χ2v) is 3.09. The van der Waals surface area contributed by atoms with Crippen LogP contribution in [-0.4, -0.2) is 18.5 Å². The van der Waals surface area contributed by atoms with E-state index in [-0.39, 0.29) is 19.2 Å². The number of hydrogen-bond donors (Lipinski definition) is 1. The molecule has 0 saturated carbocycles. The van der Waals surface area contributed by atoms with E-state index in [1.54, 1.807) is 6.07 Å². The van der Waals surface area contributed by atoms with Gasteiger partial charge in [-0.25, -0.2) is 4.39 Å². The highest BCUT2D eigenvalue weighted by Crippen LogP contribution is 2.37. The monoisotopic (exact) mass is 198 g/mol. The Hall–Kier alpha value is -1.29. The van der Waals surface area contributed by atoms with Crippen molar-refractivity contribution in [2.45, 2.75) is 12.8 Å². The predicted molar refractivity (Wildman–Crippen MR) is 47.9 cm³/mol. The summed E-state index contributed by atoms with van der Waals surface area (Å²) in [4.78, 5) is 0. The second-order valence-electron chi connectivity index (χ2n) is 3.09. The van der Waals surface area contributed by atoms with Gasteiger partial charge < -0.3 is 14.6 Å². The number of hydrogen-bond acceptors (Lipinski definition) is 3. The Morgan fingerprint density at radius 3 is 3.00 bits per heavy atom. The lowest BCUT2D eigenvalue weighted by Crippen LogP contribution is -1.97. The Morgan fingerprint density at radius 2 is 2.21 bits per heavy atom. The van der Waals surface area contributed by atoms with Gasteiger partial charge in [-0.05, 0) is 25.0 Å². The molecule has 14 heavy (non-hydrogen) atoms. The number of halogens is 1. The van der Waals surface area contributed by atoms with Crippen molar-refractivity contribution in [3.8, 4) is 11.5 Å². The molecule has 0 aliphatic carbocycles. The van der Waals surface area contributed by atoms with E-state index in [9.17, 15) is 4.39 Å². The van der Waals surface area contributed by atoms with E-state index in [0.29, 0.717) is 29.9 Å². The SMILES string of the molecule is OCCCc1c(F)ccc2c1OCO2. The van der Waals surface area contributed by atoms with E-state index >= 15 is 0 Å². The maximum atomic E-state index is 13.4. The van der Waals surface area contributed by atoms with E-state index in [4.69, 9.17) is 14.6 Å². The van der Waals surface area contributed by atoms with Crippen molar-refractivity contribution < 1.29 is 19.0 Å². The maximum absolute atomic E-state index is 13.4. The van der Waals surface area contributed by atoms with Crippen molar-refractivity contribution in [3.63, 3.8) is 0 Å². The molecule has 0 atom stereocenters. The summed E-state index contributed by atoms with van der Waals surface area (Å²) < 4.78 is 23.6. The Morgan fingerprint density at radius 1 is 1.36 bits per heavy atom. The van der Waals surface area contributed by atoms with Crippen LogP contribution in [0.3, 0.4) is 0 Å². The van der Waals surface area contributed by atoms with Crippen LogP contribution in [-0.2, 0) is 6.42 Å². The van der Waals surface area contributed by atoms with Crippen LogP contribution in [0.5, 0.6) is 11.5 Å². The first kappa shape index (κ1) is 9.27. The van der Waals surface area contributed by atoms with Crippen LogP contribution in [0, 0.1) is 5.82 Å². The zero-order valence-corrected chi connectivity index (χ0v) is 7.62. The lowest BCUT2D eigenvalue weighted by Gasteiger charge is -2.05. The Kier molecular flexibility index (Phi) is 2.54. The second kappa shape index (κ2) is 3.84. The summed E-state index contributed by atoms with van der Waals surface area (Å²) in [6.45, 7) is 0.189. The molecule has 3 nitrogen and oxygen atoms in total. The minimum absolute atomic E-state index is 0.0456. The van der Waals surface area contributed by atoms with Crippen molar-refractivity contribution in [1.29, 1.82) is 0 Å². The van der Waals surface area contributed by atoms with Gasteiger partial charge >= 0.3 is 0 Å². The highest BCUT2D eigenvalue weighted by Gasteiger charge is 2.20. The molecule has 0 spiro atoms. The van der Waals surface area contributed by atoms with Crippen molar-refractivity contribution in [2.75, 3.05) is 13.4 Å². The summed E-state index contributed by atoms with van der Waals surface area (Å²) in [6.07, 6.45) is 0.992. The first-order valence-corrected chi connectivity index (χ1v) is 4.51. The smallest absolute Gasteiger partial charge is 0.231 e. The van der Waals surface area contributed by atoms with Gasteiger partial charge in [-0.15, -0.1) is 0 Å². The molecule has 0 saturated heterocycles. The third kappa shape index (κ3) is 1.53. The average molecular weight is 198 g/mol. The quantitative estimate of drug-likeness (QED) is 0.799. The molecule has 0 unspecified atom stereocenters. The minimum Gasteiger partial charge on any atom is -0.454 e. The molecule has 1 aliphatic rings. The van der Waals surface area contributed by atoms with E-state index < -0.39 is 0 Å². The average Bonchev–Trinajstić information content (AvgIpc) is 2.64. The summed E-state index contributed by atoms with van der Waals surface area (Å²) in [5.74, 6) is 0.764. The van der Waals surface area contributed by atoms with E-state index in [1.807, 2.05) is 0 Å². The molecule has 0 fully saturated rings. The number of aliphatic hydroxyl groups is 1. The van der Waals surface area contributed by atoms with Gasteiger partial charge in [-0.2, -0.15) is 0 Å². The van der Waals surface area contributed by atoms with Gasteiger partial charge in [0.05, 0.1) is 0 Å². The van der Waals surface area contributed by atoms with Crippen LogP contribution >= 0.6 is 0 Å². The van der Waals surface area contributed by atoms with Gasteiger partial charge in [-0.3, -0.25) is 0 Å². The summed E-state index contributed by atoms with van der Waals surface area (Å²) in [5.41, 5.74) is 0.494. The largest absolute Gasteiger partial charge is 0.454 e. The zero-order chi connectivity index (χ0) is 9.97. The van der Waals surface area contributed by atoms with Gasteiger partial charge in [0, 0.05) is 12.2 Å². The molecule has 2 rings (SSSR count). The fraction of sp³-hybridized carbons (Fsp3) is 0.400. The van der Waals surface area contributed by atoms with Gasteiger partial charge in [0.1, 0.15) is 5.82 Å². The first-order valence-electron chi connectivity index (χ1n) is 4.51. The number of aliphatic hydroxyl groups excluding tert-OH is 1. The van der Waals surface area contributed by atoms with Crippen LogP contribution in [0.25, 0.3) is 0 Å². The fourth-order valence-corrected chi connectivity index (χ4v) is 1.49. The van der Waals surface area contributed by atoms with Gasteiger partial charge in [0.25, 0.3) is 0 Å². The lowest BCUT2D eigenvalue weighted by atomic mass is 10.1. The van der Waals surface area contributed by atoms with Crippen LogP contribution < -0.4 is 9.47 Å². The van der Waals surface area contributed by atoms with E-state index in [0.717, 1.165) is 0 Å². The van der Waals surface area contributed by atoms with Crippen LogP contribution in [0.2, 0.25) is 0 Å². The summed E-state index contributed by atoms with van der Waals surface area (Å²) >= 11 is 0. The maximum Gasteiger partial charge on any atom is 0.231 e. The first-order chi connectivity index (χ1) is 6.83. The van der Waals surface area contributed by atoms with Crippen molar-refractivity contribution in [1.82, 2.24) is 0 Å². The molecule has 0 aromatic heterocycles. The molecule has 0 bridgehead atoms. The van der Waals surface area contributed by atoms with E-state index in [1.165, 1.54) is 6.07 Å². The Labute approximate surface area is 81.1 Å². The number of benzene rings is 1. The molecule has 4 heteroatoms. The molecular weight excluding hydrogens is 187 g/mol.